The van der Waals surface area contributed by atoms with Gasteiger partial charge in [-0.2, -0.15) is 14.0 Å². The zero-order chi connectivity index (χ0) is 29.0. The van der Waals surface area contributed by atoms with Crippen LogP contribution in [0.3, 0.4) is 0 Å². The summed E-state index contributed by atoms with van der Waals surface area (Å²) >= 11 is 0. The molecule has 5 nitrogen and oxygen atoms in total. The van der Waals surface area contributed by atoms with Crippen molar-refractivity contribution in [2.24, 2.45) is 45.3 Å². The van der Waals surface area contributed by atoms with Crippen molar-refractivity contribution in [3.8, 4) is 6.07 Å². The minimum atomic E-state index is -3.48. The van der Waals surface area contributed by atoms with Gasteiger partial charge in [0.1, 0.15) is 5.76 Å². The van der Waals surface area contributed by atoms with Crippen molar-refractivity contribution in [1.29, 1.82) is 5.26 Å². The number of hydrogen-bond acceptors (Lipinski definition) is 4. The molecule has 1 unspecified atom stereocenters. The van der Waals surface area contributed by atoms with Gasteiger partial charge in [0, 0.05) is 24.3 Å². The SMILES string of the molecule is C[C@@H]1C(O)=C(C#N)C[C@]2(C)C3=CC(=O)C4[C@H]5CC(C)(C)CC[C@]5(NC(=O)C(C)(F)F)CC[C@@]4(C)[C@]3(C)CC[C@@H]12. The number of allylic oxidation sites excluding steroid dienone is 4. The van der Waals surface area contributed by atoms with Crippen LogP contribution < -0.4 is 5.32 Å². The lowest BCUT2D eigenvalue weighted by Gasteiger charge is -2.69. The number of alkyl halides is 2. The Balaban J connectivity index is 1.63. The average molecular weight is 543 g/mol. The van der Waals surface area contributed by atoms with Gasteiger partial charge in [0.2, 0.25) is 0 Å². The topological polar surface area (TPSA) is 90.2 Å². The van der Waals surface area contributed by atoms with Crippen LogP contribution in [0.15, 0.2) is 23.0 Å². The van der Waals surface area contributed by atoms with Crippen LogP contribution in [0.5, 0.6) is 0 Å². The van der Waals surface area contributed by atoms with Crippen LogP contribution >= 0.6 is 0 Å². The molecule has 2 N–H and O–H groups in total. The largest absolute Gasteiger partial charge is 0.511 e. The molecule has 0 aliphatic heterocycles. The Bertz CT molecular complexity index is 1220. The lowest BCUT2D eigenvalue weighted by molar-refractivity contribution is -0.168. The maximum atomic E-state index is 14.4. The second-order valence-electron chi connectivity index (χ2n) is 15.2. The highest BCUT2D eigenvalue weighted by Crippen LogP contribution is 2.73. The summed E-state index contributed by atoms with van der Waals surface area (Å²) in [5.74, 6) is -5.16. The predicted molar refractivity (Wildman–Crippen MR) is 145 cm³/mol. The van der Waals surface area contributed by atoms with E-state index in [0.29, 0.717) is 44.6 Å². The number of aliphatic hydroxyl groups is 1. The molecule has 214 valence electrons. The summed E-state index contributed by atoms with van der Waals surface area (Å²) in [5.41, 5.74) is -0.551. The quantitative estimate of drug-likeness (QED) is 0.391. The monoisotopic (exact) mass is 542 g/mol. The molecule has 0 aromatic heterocycles. The maximum Gasteiger partial charge on any atom is 0.321 e. The molecular weight excluding hydrogens is 498 g/mol. The number of halogens is 2. The first kappa shape index (κ1) is 28.3. The molecule has 0 aromatic carbocycles. The molecular formula is C32H44F2N2O3. The van der Waals surface area contributed by atoms with Gasteiger partial charge < -0.3 is 10.4 Å². The number of hydrogen-bond donors (Lipinski definition) is 2. The number of fused-ring (bicyclic) bond motifs is 7. The van der Waals surface area contributed by atoms with E-state index in [1.54, 1.807) is 0 Å². The normalized spacial score (nSPS) is 45.1. The summed E-state index contributed by atoms with van der Waals surface area (Å²) in [7, 11) is 0. The number of rotatable bonds is 2. The molecule has 0 bridgehead atoms. The molecule has 5 aliphatic carbocycles. The first-order chi connectivity index (χ1) is 17.9. The summed E-state index contributed by atoms with van der Waals surface area (Å²) in [4.78, 5) is 27.0. The number of carbonyl (C=O) groups is 2. The van der Waals surface area contributed by atoms with Gasteiger partial charge in [0.25, 0.3) is 5.91 Å². The molecule has 39 heavy (non-hydrogen) atoms. The Morgan fingerprint density at radius 2 is 1.74 bits per heavy atom. The molecule has 8 atom stereocenters. The van der Waals surface area contributed by atoms with Crippen LogP contribution in [-0.2, 0) is 9.59 Å². The van der Waals surface area contributed by atoms with Crippen LogP contribution in [0.25, 0.3) is 0 Å². The van der Waals surface area contributed by atoms with Gasteiger partial charge in [0.15, 0.2) is 5.78 Å². The van der Waals surface area contributed by atoms with E-state index in [0.717, 1.165) is 24.8 Å². The fraction of sp³-hybridized carbons (Fsp3) is 0.781. The highest BCUT2D eigenvalue weighted by atomic mass is 19.3. The van der Waals surface area contributed by atoms with Crippen molar-refractivity contribution in [2.45, 2.75) is 111 Å². The molecule has 0 aromatic rings. The van der Waals surface area contributed by atoms with E-state index in [-0.39, 0.29) is 46.0 Å². The van der Waals surface area contributed by atoms with Crippen LogP contribution in [0.2, 0.25) is 0 Å². The van der Waals surface area contributed by atoms with Crippen LogP contribution in [0.1, 0.15) is 99.8 Å². The molecule has 5 aliphatic rings. The fourth-order valence-corrected chi connectivity index (χ4v) is 10.1. The Kier molecular flexibility index (Phi) is 6.09. The first-order valence-electron chi connectivity index (χ1n) is 14.6. The fourth-order valence-electron chi connectivity index (χ4n) is 10.1. The van der Waals surface area contributed by atoms with Crippen molar-refractivity contribution >= 4 is 11.7 Å². The van der Waals surface area contributed by atoms with E-state index in [1.807, 2.05) is 13.0 Å². The smallest absolute Gasteiger partial charge is 0.321 e. The highest BCUT2D eigenvalue weighted by Gasteiger charge is 2.69. The number of nitriles is 1. The second kappa shape index (κ2) is 8.40. The van der Waals surface area contributed by atoms with Crippen molar-refractivity contribution < 1.29 is 23.5 Å². The van der Waals surface area contributed by atoms with Crippen molar-refractivity contribution in [3.63, 3.8) is 0 Å². The predicted octanol–water partition coefficient (Wildman–Crippen LogP) is 7.05. The van der Waals surface area contributed by atoms with Crippen LogP contribution in [0.4, 0.5) is 8.78 Å². The number of ketones is 1. The number of carbonyl (C=O) groups excluding carboxylic acids is 2. The Morgan fingerprint density at radius 1 is 1.10 bits per heavy atom. The van der Waals surface area contributed by atoms with Gasteiger partial charge in [-0.25, -0.2) is 0 Å². The maximum absolute atomic E-state index is 14.4. The van der Waals surface area contributed by atoms with Crippen LogP contribution in [-0.4, -0.2) is 28.3 Å². The Hall–Kier alpha value is -2.23. The minimum absolute atomic E-state index is 0.0288. The third kappa shape index (κ3) is 3.79. The number of amides is 1. The van der Waals surface area contributed by atoms with E-state index >= 15 is 0 Å². The van der Waals surface area contributed by atoms with Crippen molar-refractivity contribution in [2.75, 3.05) is 0 Å². The molecule has 3 fully saturated rings. The zero-order valence-corrected chi connectivity index (χ0v) is 24.5. The zero-order valence-electron chi connectivity index (χ0n) is 24.5. The molecule has 0 saturated heterocycles. The van der Waals surface area contributed by atoms with Gasteiger partial charge in [-0.1, -0.05) is 47.1 Å². The number of nitrogens with zero attached hydrogens (tertiary/aromatic N) is 1. The molecule has 7 heteroatoms. The molecule has 1 amide bonds. The summed E-state index contributed by atoms with van der Waals surface area (Å²) < 4.78 is 28.3. The van der Waals surface area contributed by atoms with Gasteiger partial charge in [-0.3, -0.25) is 9.59 Å². The molecule has 0 radical (unpaired) electrons. The summed E-state index contributed by atoms with van der Waals surface area (Å²) in [6, 6.07) is 2.22. The van der Waals surface area contributed by atoms with E-state index in [1.165, 1.54) is 0 Å². The molecule has 0 heterocycles. The number of aliphatic hydroxyl groups excluding tert-OH is 1. The van der Waals surface area contributed by atoms with E-state index in [4.69, 9.17) is 0 Å². The van der Waals surface area contributed by atoms with Crippen molar-refractivity contribution in [1.82, 2.24) is 5.32 Å². The van der Waals surface area contributed by atoms with E-state index in [2.05, 4.69) is 46.0 Å². The van der Waals surface area contributed by atoms with Gasteiger partial charge in [-0.05, 0) is 90.9 Å². The molecule has 5 rings (SSSR count). The van der Waals surface area contributed by atoms with Gasteiger partial charge in [-0.15, -0.1) is 0 Å². The van der Waals surface area contributed by atoms with Gasteiger partial charge >= 0.3 is 5.92 Å². The van der Waals surface area contributed by atoms with Crippen LogP contribution in [0, 0.1) is 56.7 Å². The number of nitrogens with one attached hydrogen (secondary N) is 1. The van der Waals surface area contributed by atoms with Crippen molar-refractivity contribution in [3.05, 3.63) is 23.0 Å². The molecule has 3 saturated carbocycles. The minimum Gasteiger partial charge on any atom is -0.511 e. The lowest BCUT2D eigenvalue weighted by atomic mass is 9.35. The Morgan fingerprint density at radius 3 is 2.36 bits per heavy atom. The lowest BCUT2D eigenvalue weighted by Crippen LogP contribution is -2.70. The Labute approximate surface area is 231 Å². The summed E-state index contributed by atoms with van der Waals surface area (Å²) in [6.45, 7) is 13.6. The third-order valence-electron chi connectivity index (χ3n) is 12.5. The third-order valence-corrected chi connectivity index (χ3v) is 12.5. The highest BCUT2D eigenvalue weighted by molar-refractivity contribution is 5.96. The van der Waals surface area contributed by atoms with E-state index in [9.17, 15) is 28.7 Å². The summed E-state index contributed by atoms with van der Waals surface area (Å²) in [6.07, 6.45) is 7.32. The first-order valence-corrected chi connectivity index (χ1v) is 14.6. The van der Waals surface area contributed by atoms with Gasteiger partial charge in [0.05, 0.1) is 11.6 Å². The standard InChI is InChI=1S/C32H44F2N2O3/c1-18-20-8-9-29(5)23(28(20,4)15-19(17-35)25(18)38)14-22(37)24-21-16-27(2,3)10-12-32(21,13-11-30(24,29)6)36-26(39)31(7,33)34/h14,18,20-21,24,38H,8-13,15-16H2,1-7H3,(H,36,39)/t18-,20-,21+,24?,28-,29+,30+,32-/m0/s1. The second-order valence-corrected chi connectivity index (χ2v) is 15.2. The average Bonchev–Trinajstić information content (AvgIpc) is 2.83. The summed E-state index contributed by atoms with van der Waals surface area (Å²) in [5, 5.41) is 23.4. The molecule has 0 spiro atoms. The van der Waals surface area contributed by atoms with E-state index < -0.39 is 28.2 Å².